The standard InChI is InChI=1S/C21H17FN4O5/c1-2-31-17-10-16(23)21(26(29)30)20(18(17)22)24-19-14-6-4-3-5-12(14)13-8-7-11(25(27)28)9-15(13)19/h3-10,19,24H,2,23H2,1H3. The monoisotopic (exact) mass is 424 g/mol. The highest BCUT2D eigenvalue weighted by Crippen LogP contribution is 2.48. The maximum Gasteiger partial charge on any atom is 0.318 e. The summed E-state index contributed by atoms with van der Waals surface area (Å²) in [4.78, 5) is 21.7. The molecule has 1 aliphatic carbocycles. The SMILES string of the molecule is CCOc1cc(N)c([N+](=O)[O-])c(NC2c3ccccc3-c3ccc([N+](=O)[O-])cc32)c1F. The Morgan fingerprint density at radius 3 is 2.45 bits per heavy atom. The molecule has 0 aromatic heterocycles. The van der Waals surface area contributed by atoms with Gasteiger partial charge in [0.25, 0.3) is 5.69 Å². The highest BCUT2D eigenvalue weighted by molar-refractivity contribution is 5.84. The molecule has 10 heteroatoms. The molecule has 158 valence electrons. The van der Waals surface area contributed by atoms with Crippen molar-refractivity contribution in [2.75, 3.05) is 17.7 Å². The molecule has 9 nitrogen and oxygen atoms in total. The van der Waals surface area contributed by atoms with Gasteiger partial charge in [0, 0.05) is 18.2 Å². The van der Waals surface area contributed by atoms with E-state index in [4.69, 9.17) is 10.5 Å². The zero-order valence-corrected chi connectivity index (χ0v) is 16.3. The molecule has 4 rings (SSSR count). The van der Waals surface area contributed by atoms with Crippen LogP contribution in [0.1, 0.15) is 24.1 Å². The lowest BCUT2D eigenvalue weighted by atomic mass is 10.0. The van der Waals surface area contributed by atoms with Crippen molar-refractivity contribution in [1.82, 2.24) is 0 Å². The second-order valence-electron chi connectivity index (χ2n) is 6.88. The number of halogens is 1. The molecule has 3 N–H and O–H groups in total. The van der Waals surface area contributed by atoms with Crippen LogP contribution < -0.4 is 15.8 Å². The summed E-state index contributed by atoms with van der Waals surface area (Å²) in [5.74, 6) is -1.18. The van der Waals surface area contributed by atoms with Crippen molar-refractivity contribution in [1.29, 1.82) is 0 Å². The van der Waals surface area contributed by atoms with Crippen molar-refractivity contribution in [3.05, 3.63) is 85.7 Å². The number of non-ortho nitro benzene ring substituents is 1. The summed E-state index contributed by atoms with van der Waals surface area (Å²) in [7, 11) is 0. The number of nitro benzene ring substituents is 2. The number of nitrogens with two attached hydrogens (primary N) is 1. The first-order valence-corrected chi connectivity index (χ1v) is 9.36. The Bertz CT molecular complexity index is 1230. The van der Waals surface area contributed by atoms with Gasteiger partial charge in [-0.2, -0.15) is 0 Å². The van der Waals surface area contributed by atoms with Crippen molar-refractivity contribution in [2.24, 2.45) is 0 Å². The molecule has 0 fully saturated rings. The lowest BCUT2D eigenvalue weighted by molar-refractivity contribution is -0.384. The Morgan fingerprint density at radius 1 is 1.06 bits per heavy atom. The molecule has 0 heterocycles. The fourth-order valence-corrected chi connectivity index (χ4v) is 3.84. The van der Waals surface area contributed by atoms with Crippen molar-refractivity contribution in [3.63, 3.8) is 0 Å². The minimum atomic E-state index is -0.959. The van der Waals surface area contributed by atoms with Gasteiger partial charge in [-0.25, -0.2) is 4.39 Å². The van der Waals surface area contributed by atoms with E-state index in [0.717, 1.165) is 17.2 Å². The molecule has 3 aromatic carbocycles. The Kier molecular flexibility index (Phi) is 4.90. The average Bonchev–Trinajstić information content (AvgIpc) is 3.04. The van der Waals surface area contributed by atoms with Gasteiger partial charge in [0.2, 0.25) is 0 Å². The first-order valence-electron chi connectivity index (χ1n) is 9.36. The second-order valence-corrected chi connectivity index (χ2v) is 6.88. The van der Waals surface area contributed by atoms with E-state index in [9.17, 15) is 20.2 Å². The van der Waals surface area contributed by atoms with E-state index in [2.05, 4.69) is 5.32 Å². The van der Waals surface area contributed by atoms with Crippen LogP contribution in [0.5, 0.6) is 5.75 Å². The minimum Gasteiger partial charge on any atom is -0.491 e. The number of rotatable bonds is 6. The maximum atomic E-state index is 15.2. The molecule has 1 atom stereocenters. The zero-order chi connectivity index (χ0) is 22.3. The predicted octanol–water partition coefficient (Wildman–Crippen LogP) is 4.80. The smallest absolute Gasteiger partial charge is 0.318 e. The van der Waals surface area contributed by atoms with Crippen LogP contribution in [0, 0.1) is 26.0 Å². The number of nitrogens with zero attached hydrogens (tertiary/aromatic N) is 2. The van der Waals surface area contributed by atoms with Crippen LogP contribution in [0.4, 0.5) is 27.1 Å². The van der Waals surface area contributed by atoms with Gasteiger partial charge in [-0.1, -0.05) is 24.3 Å². The number of benzene rings is 3. The highest BCUT2D eigenvalue weighted by atomic mass is 19.1. The number of nitro groups is 2. The lowest BCUT2D eigenvalue weighted by Crippen LogP contribution is -2.14. The summed E-state index contributed by atoms with van der Waals surface area (Å²) in [6.07, 6.45) is 0. The van der Waals surface area contributed by atoms with E-state index < -0.39 is 33.1 Å². The van der Waals surface area contributed by atoms with Crippen molar-refractivity contribution < 1.29 is 19.0 Å². The molecule has 0 saturated heterocycles. The molecular formula is C21H17FN4O5. The van der Waals surface area contributed by atoms with Gasteiger partial charge in [0.1, 0.15) is 5.69 Å². The molecule has 0 bridgehead atoms. The second kappa shape index (κ2) is 7.56. The predicted molar refractivity (Wildman–Crippen MR) is 113 cm³/mol. The Balaban J connectivity index is 1.92. The van der Waals surface area contributed by atoms with E-state index in [1.165, 1.54) is 12.1 Å². The van der Waals surface area contributed by atoms with Crippen LogP contribution in [-0.2, 0) is 0 Å². The molecular weight excluding hydrogens is 407 g/mol. The lowest BCUT2D eigenvalue weighted by Gasteiger charge is -2.19. The molecule has 0 saturated carbocycles. The number of fused-ring (bicyclic) bond motifs is 3. The molecule has 0 aliphatic heterocycles. The third-order valence-electron chi connectivity index (χ3n) is 5.12. The van der Waals surface area contributed by atoms with E-state index >= 15 is 4.39 Å². The summed E-state index contributed by atoms with van der Waals surface area (Å²) in [5, 5.41) is 25.8. The summed E-state index contributed by atoms with van der Waals surface area (Å²) in [6.45, 7) is 1.78. The van der Waals surface area contributed by atoms with Crippen LogP contribution in [0.3, 0.4) is 0 Å². The number of ether oxygens (including phenoxy) is 1. The van der Waals surface area contributed by atoms with Gasteiger partial charge in [-0.3, -0.25) is 20.2 Å². The number of hydrogen-bond donors (Lipinski definition) is 2. The Hall–Kier alpha value is -4.21. The maximum absolute atomic E-state index is 15.2. The summed E-state index contributed by atoms with van der Waals surface area (Å²) in [5.41, 5.74) is 7.08. The summed E-state index contributed by atoms with van der Waals surface area (Å²) >= 11 is 0. The van der Waals surface area contributed by atoms with Crippen LogP contribution >= 0.6 is 0 Å². The number of anilines is 2. The molecule has 0 amide bonds. The Morgan fingerprint density at radius 2 is 1.77 bits per heavy atom. The summed E-state index contributed by atoms with van der Waals surface area (Å²) in [6, 6.07) is 11.9. The number of hydrogen-bond acceptors (Lipinski definition) is 7. The molecule has 1 aliphatic rings. The topological polar surface area (TPSA) is 134 Å². The van der Waals surface area contributed by atoms with Gasteiger partial charge in [0.05, 0.1) is 22.5 Å². The van der Waals surface area contributed by atoms with E-state index in [1.54, 1.807) is 25.1 Å². The third-order valence-corrected chi connectivity index (χ3v) is 5.12. The van der Waals surface area contributed by atoms with Crippen LogP contribution in [0.25, 0.3) is 11.1 Å². The van der Waals surface area contributed by atoms with Gasteiger partial charge >= 0.3 is 5.69 Å². The highest BCUT2D eigenvalue weighted by Gasteiger charge is 2.34. The third kappa shape index (κ3) is 3.27. The molecule has 0 radical (unpaired) electrons. The van der Waals surface area contributed by atoms with Crippen molar-refractivity contribution in [3.8, 4) is 16.9 Å². The first kappa shape index (κ1) is 20.1. The molecule has 3 aromatic rings. The van der Waals surface area contributed by atoms with Crippen molar-refractivity contribution >= 4 is 22.7 Å². The van der Waals surface area contributed by atoms with Crippen molar-refractivity contribution in [2.45, 2.75) is 13.0 Å². The zero-order valence-electron chi connectivity index (χ0n) is 16.3. The number of nitrogen functional groups attached to an aromatic ring is 1. The fraction of sp³-hybridized carbons (Fsp3) is 0.143. The number of nitrogens with one attached hydrogen (secondary N) is 1. The van der Waals surface area contributed by atoms with Crippen LogP contribution in [-0.4, -0.2) is 16.5 Å². The normalized spacial score (nSPS) is 13.9. The van der Waals surface area contributed by atoms with E-state index in [-0.39, 0.29) is 23.7 Å². The largest absolute Gasteiger partial charge is 0.491 e. The molecule has 31 heavy (non-hydrogen) atoms. The van der Waals surface area contributed by atoms with Crippen LogP contribution in [0.15, 0.2) is 48.5 Å². The van der Waals surface area contributed by atoms with Crippen LogP contribution in [0.2, 0.25) is 0 Å². The quantitative estimate of drug-likeness (QED) is 0.330. The van der Waals surface area contributed by atoms with Gasteiger partial charge in [-0.05, 0) is 35.2 Å². The molecule has 1 unspecified atom stereocenters. The average molecular weight is 424 g/mol. The van der Waals surface area contributed by atoms with E-state index in [1.807, 2.05) is 12.1 Å². The first-order chi connectivity index (χ1) is 14.8. The minimum absolute atomic E-state index is 0.134. The summed E-state index contributed by atoms with van der Waals surface area (Å²) < 4.78 is 20.5. The Labute approximate surface area is 175 Å². The van der Waals surface area contributed by atoms with E-state index in [0.29, 0.717) is 11.1 Å². The van der Waals surface area contributed by atoms with Gasteiger partial charge in [-0.15, -0.1) is 0 Å². The molecule has 0 spiro atoms. The fourth-order valence-electron chi connectivity index (χ4n) is 3.84. The van der Waals surface area contributed by atoms with Gasteiger partial charge in [0.15, 0.2) is 17.3 Å². The van der Waals surface area contributed by atoms with Gasteiger partial charge < -0.3 is 15.8 Å².